The van der Waals surface area contributed by atoms with Crippen molar-refractivity contribution in [1.82, 2.24) is 0 Å². The molecule has 0 aliphatic heterocycles. The lowest BCUT2D eigenvalue weighted by atomic mass is 9.94. The molecular formula is C7H14O2. The van der Waals surface area contributed by atoms with Gasteiger partial charge in [0.25, 0.3) is 0 Å². The number of aldehydes is 1. The normalized spacial score (nSPS) is 17.4. The lowest BCUT2D eigenvalue weighted by Crippen LogP contribution is -2.35. The largest absolute Gasteiger partial charge is 0.371 e. The first-order chi connectivity index (χ1) is 4.06. The average Bonchev–Trinajstić information content (AvgIpc) is 1.86. The first-order valence-electron chi connectivity index (χ1n) is 3.08. The van der Waals surface area contributed by atoms with Crippen molar-refractivity contribution >= 4 is 6.29 Å². The third-order valence-electron chi connectivity index (χ3n) is 1.82. The zero-order valence-electron chi connectivity index (χ0n) is 6.47. The molecule has 2 heteroatoms. The number of rotatable bonds is 3. The first kappa shape index (κ1) is 8.63. The number of hydrogen-bond acceptors (Lipinski definition) is 2. The summed E-state index contributed by atoms with van der Waals surface area (Å²) in [6.07, 6.45) is 0.845. The van der Waals surface area contributed by atoms with Gasteiger partial charge < -0.3 is 9.53 Å². The van der Waals surface area contributed by atoms with Crippen LogP contribution in [0, 0.1) is 5.92 Å². The highest BCUT2D eigenvalue weighted by molar-refractivity contribution is 5.62. The average molecular weight is 130 g/mol. The van der Waals surface area contributed by atoms with Crippen LogP contribution in [-0.2, 0) is 9.53 Å². The Hall–Kier alpha value is -0.370. The van der Waals surface area contributed by atoms with Crippen molar-refractivity contribution in [1.29, 1.82) is 0 Å². The molecule has 0 amide bonds. The molecule has 1 atom stereocenters. The summed E-state index contributed by atoms with van der Waals surface area (Å²) in [5.41, 5.74) is -0.597. The Bertz CT molecular complexity index is 99.1. The second-order valence-corrected chi connectivity index (χ2v) is 2.66. The third kappa shape index (κ3) is 1.79. The Labute approximate surface area is 56.2 Å². The van der Waals surface area contributed by atoms with E-state index in [0.29, 0.717) is 0 Å². The highest BCUT2D eigenvalue weighted by atomic mass is 16.5. The minimum absolute atomic E-state index is 0.236. The van der Waals surface area contributed by atoms with E-state index in [1.54, 1.807) is 14.0 Å². The summed E-state index contributed by atoms with van der Waals surface area (Å²) in [6, 6.07) is 0. The van der Waals surface area contributed by atoms with Crippen LogP contribution in [0.25, 0.3) is 0 Å². The fraction of sp³-hybridized carbons (Fsp3) is 0.857. The number of methoxy groups -OCH3 is 1. The van der Waals surface area contributed by atoms with Gasteiger partial charge in [0, 0.05) is 7.11 Å². The Balaban J connectivity index is 4.08. The van der Waals surface area contributed by atoms with Crippen molar-refractivity contribution in [3.8, 4) is 0 Å². The van der Waals surface area contributed by atoms with Gasteiger partial charge in [0.15, 0.2) is 6.29 Å². The minimum atomic E-state index is -0.597. The van der Waals surface area contributed by atoms with Crippen molar-refractivity contribution in [3.05, 3.63) is 0 Å². The zero-order chi connectivity index (χ0) is 7.49. The van der Waals surface area contributed by atoms with Crippen molar-refractivity contribution < 1.29 is 9.53 Å². The summed E-state index contributed by atoms with van der Waals surface area (Å²) in [6.45, 7) is 5.69. The van der Waals surface area contributed by atoms with Gasteiger partial charge in [-0.05, 0) is 12.8 Å². The summed E-state index contributed by atoms with van der Waals surface area (Å²) in [7, 11) is 1.55. The van der Waals surface area contributed by atoms with E-state index in [2.05, 4.69) is 0 Å². The van der Waals surface area contributed by atoms with Crippen LogP contribution in [0.5, 0.6) is 0 Å². The van der Waals surface area contributed by atoms with Gasteiger partial charge in [0.2, 0.25) is 0 Å². The summed E-state index contributed by atoms with van der Waals surface area (Å²) >= 11 is 0. The molecule has 0 aliphatic carbocycles. The SMILES string of the molecule is COC(C)(C=O)C(C)C. The van der Waals surface area contributed by atoms with Crippen LogP contribution >= 0.6 is 0 Å². The Morgan fingerprint density at radius 3 is 2.00 bits per heavy atom. The molecule has 0 aromatic rings. The Morgan fingerprint density at radius 2 is 2.00 bits per heavy atom. The van der Waals surface area contributed by atoms with Gasteiger partial charge in [0.05, 0.1) is 0 Å². The van der Waals surface area contributed by atoms with E-state index >= 15 is 0 Å². The quantitative estimate of drug-likeness (QED) is 0.537. The first-order valence-corrected chi connectivity index (χ1v) is 3.08. The van der Waals surface area contributed by atoms with E-state index in [1.165, 1.54) is 0 Å². The smallest absolute Gasteiger partial charge is 0.151 e. The van der Waals surface area contributed by atoms with Crippen LogP contribution in [-0.4, -0.2) is 19.0 Å². The van der Waals surface area contributed by atoms with E-state index in [-0.39, 0.29) is 5.92 Å². The molecule has 0 aromatic heterocycles. The summed E-state index contributed by atoms with van der Waals surface area (Å²) < 4.78 is 4.98. The number of carbonyl (C=O) groups excluding carboxylic acids is 1. The number of hydrogen-bond donors (Lipinski definition) is 0. The van der Waals surface area contributed by atoms with Crippen molar-refractivity contribution in [2.75, 3.05) is 7.11 Å². The zero-order valence-corrected chi connectivity index (χ0v) is 6.47. The van der Waals surface area contributed by atoms with E-state index in [0.717, 1.165) is 6.29 Å². The van der Waals surface area contributed by atoms with Gasteiger partial charge in [0.1, 0.15) is 5.60 Å². The lowest BCUT2D eigenvalue weighted by molar-refractivity contribution is -0.130. The second-order valence-electron chi connectivity index (χ2n) is 2.66. The molecule has 0 fully saturated rings. The molecule has 1 unspecified atom stereocenters. The monoisotopic (exact) mass is 130 g/mol. The van der Waals surface area contributed by atoms with Gasteiger partial charge in [-0.15, -0.1) is 0 Å². The minimum Gasteiger partial charge on any atom is -0.371 e. The van der Waals surface area contributed by atoms with Crippen LogP contribution in [0.4, 0.5) is 0 Å². The lowest BCUT2D eigenvalue weighted by Gasteiger charge is -2.25. The molecule has 0 spiro atoms. The molecular weight excluding hydrogens is 116 g/mol. The van der Waals surface area contributed by atoms with Gasteiger partial charge >= 0.3 is 0 Å². The fourth-order valence-corrected chi connectivity index (χ4v) is 0.420. The van der Waals surface area contributed by atoms with Crippen LogP contribution < -0.4 is 0 Å². The van der Waals surface area contributed by atoms with Gasteiger partial charge in [-0.2, -0.15) is 0 Å². The van der Waals surface area contributed by atoms with Gasteiger partial charge in [-0.3, -0.25) is 0 Å². The van der Waals surface area contributed by atoms with E-state index in [4.69, 9.17) is 4.74 Å². The van der Waals surface area contributed by atoms with Crippen LogP contribution in [0.2, 0.25) is 0 Å². The molecule has 2 nitrogen and oxygen atoms in total. The summed E-state index contributed by atoms with van der Waals surface area (Å²) in [4.78, 5) is 10.4. The van der Waals surface area contributed by atoms with E-state index in [9.17, 15) is 4.79 Å². The second kappa shape index (κ2) is 2.97. The molecule has 54 valence electrons. The highest BCUT2D eigenvalue weighted by Crippen LogP contribution is 2.16. The molecule has 0 heterocycles. The Kier molecular flexibility index (Phi) is 2.85. The van der Waals surface area contributed by atoms with Gasteiger partial charge in [-0.25, -0.2) is 0 Å². The standard InChI is InChI=1S/C7H14O2/c1-6(2)7(3,5-8)9-4/h5-6H,1-4H3. The fourth-order valence-electron chi connectivity index (χ4n) is 0.420. The molecule has 0 radical (unpaired) electrons. The maximum atomic E-state index is 10.4. The van der Waals surface area contributed by atoms with Crippen molar-refractivity contribution in [2.24, 2.45) is 5.92 Å². The Morgan fingerprint density at radius 1 is 1.56 bits per heavy atom. The molecule has 0 aromatic carbocycles. The summed E-state index contributed by atoms with van der Waals surface area (Å²) in [5, 5.41) is 0. The maximum Gasteiger partial charge on any atom is 0.151 e. The molecule has 0 saturated heterocycles. The third-order valence-corrected chi connectivity index (χ3v) is 1.82. The van der Waals surface area contributed by atoms with Crippen molar-refractivity contribution in [3.63, 3.8) is 0 Å². The number of ether oxygens (including phenoxy) is 1. The topological polar surface area (TPSA) is 26.3 Å². The van der Waals surface area contributed by atoms with Gasteiger partial charge in [-0.1, -0.05) is 13.8 Å². The van der Waals surface area contributed by atoms with Crippen LogP contribution in [0.3, 0.4) is 0 Å². The molecule has 0 aliphatic rings. The van der Waals surface area contributed by atoms with E-state index < -0.39 is 5.60 Å². The van der Waals surface area contributed by atoms with Crippen molar-refractivity contribution in [2.45, 2.75) is 26.4 Å². The van der Waals surface area contributed by atoms with E-state index in [1.807, 2.05) is 13.8 Å². The molecule has 9 heavy (non-hydrogen) atoms. The number of carbonyl (C=O) groups is 1. The predicted octanol–water partition coefficient (Wildman–Crippen LogP) is 1.25. The predicted molar refractivity (Wildman–Crippen MR) is 36.3 cm³/mol. The molecule has 0 N–H and O–H groups in total. The molecule has 0 saturated carbocycles. The molecule has 0 rings (SSSR count). The maximum absolute atomic E-state index is 10.4. The van der Waals surface area contributed by atoms with Crippen LogP contribution in [0.1, 0.15) is 20.8 Å². The molecule has 0 bridgehead atoms. The van der Waals surface area contributed by atoms with Crippen LogP contribution in [0.15, 0.2) is 0 Å². The summed E-state index contributed by atoms with van der Waals surface area (Å²) in [5.74, 6) is 0.236. The highest BCUT2D eigenvalue weighted by Gasteiger charge is 2.26.